The van der Waals surface area contributed by atoms with E-state index < -0.39 is 16.7 Å². The molecule has 190 valence electrons. The average Bonchev–Trinajstić information content (AvgIpc) is 3.36. The molecule has 0 amide bonds. The molecule has 0 radical (unpaired) electrons. The van der Waals surface area contributed by atoms with Crippen LogP contribution in [0.15, 0.2) is 79.4 Å². The summed E-state index contributed by atoms with van der Waals surface area (Å²) in [6.07, 6.45) is -1.90. The van der Waals surface area contributed by atoms with Crippen LogP contribution in [0.25, 0.3) is 11.1 Å². The fraction of sp³-hybridized carbons (Fsp3) is 0.0870. The second kappa shape index (κ2) is 10.2. The van der Waals surface area contributed by atoms with Gasteiger partial charge in [-0.2, -0.15) is 18.8 Å². The number of alkyl halides is 3. The van der Waals surface area contributed by atoms with Crippen LogP contribution >= 0.6 is 0 Å². The monoisotopic (exact) mass is 530 g/mol. The maximum absolute atomic E-state index is 12.5. The molecule has 0 saturated carbocycles. The molecule has 0 unspecified atom stereocenters. The first kappa shape index (κ1) is 25.5. The van der Waals surface area contributed by atoms with E-state index in [4.69, 9.17) is 5.14 Å². The zero-order valence-corrected chi connectivity index (χ0v) is 19.5. The van der Waals surface area contributed by atoms with E-state index in [0.717, 1.165) is 5.56 Å². The fourth-order valence-corrected chi connectivity index (χ4v) is 3.83. The van der Waals surface area contributed by atoms with Crippen LogP contribution in [0.4, 0.5) is 18.9 Å². The van der Waals surface area contributed by atoms with E-state index in [0.29, 0.717) is 22.4 Å². The SMILES string of the molecule is N#Cc1ccc(N(Cc2ccc(OS(N)(=O)=O)cc2)n2cnnc2)cc1-c1ccc(OC(F)(F)F)cc1. The summed E-state index contributed by atoms with van der Waals surface area (Å²) in [6, 6.07) is 18.4. The molecule has 3 aromatic carbocycles. The Labute approximate surface area is 209 Å². The summed E-state index contributed by atoms with van der Waals surface area (Å²) >= 11 is 0. The predicted molar refractivity (Wildman–Crippen MR) is 125 cm³/mol. The predicted octanol–water partition coefficient (Wildman–Crippen LogP) is 3.77. The van der Waals surface area contributed by atoms with Gasteiger partial charge in [-0.15, -0.1) is 23.4 Å². The van der Waals surface area contributed by atoms with E-state index >= 15 is 0 Å². The maximum Gasteiger partial charge on any atom is 0.573 e. The Bertz CT molecular complexity index is 1520. The van der Waals surface area contributed by atoms with E-state index in [1.54, 1.807) is 40.0 Å². The van der Waals surface area contributed by atoms with Gasteiger partial charge in [0.2, 0.25) is 0 Å². The molecule has 10 nitrogen and oxygen atoms in total. The molecule has 0 bridgehead atoms. The van der Waals surface area contributed by atoms with Gasteiger partial charge in [0.25, 0.3) is 0 Å². The maximum atomic E-state index is 12.5. The van der Waals surface area contributed by atoms with Gasteiger partial charge in [0, 0.05) is 5.56 Å². The lowest BCUT2D eigenvalue weighted by atomic mass is 9.99. The molecule has 0 atom stereocenters. The normalized spacial score (nSPS) is 11.5. The summed E-state index contributed by atoms with van der Waals surface area (Å²) in [5.41, 5.74) is 2.64. The van der Waals surface area contributed by atoms with Crippen molar-refractivity contribution in [1.29, 1.82) is 5.26 Å². The van der Waals surface area contributed by atoms with Gasteiger partial charge in [-0.05, 0) is 53.6 Å². The average molecular weight is 530 g/mol. The lowest BCUT2D eigenvalue weighted by Crippen LogP contribution is -2.28. The van der Waals surface area contributed by atoms with Gasteiger partial charge in [-0.3, -0.25) is 5.01 Å². The Morgan fingerprint density at radius 1 is 0.973 bits per heavy atom. The summed E-state index contributed by atoms with van der Waals surface area (Å²) in [5, 5.41) is 23.9. The van der Waals surface area contributed by atoms with Gasteiger partial charge in [0.15, 0.2) is 0 Å². The van der Waals surface area contributed by atoms with E-state index in [1.165, 1.54) is 49.1 Å². The van der Waals surface area contributed by atoms with Crippen molar-refractivity contribution in [2.75, 3.05) is 5.01 Å². The summed E-state index contributed by atoms with van der Waals surface area (Å²) in [5.74, 6) is -0.340. The fourth-order valence-electron chi connectivity index (χ4n) is 3.45. The number of benzene rings is 3. The first-order chi connectivity index (χ1) is 17.5. The van der Waals surface area contributed by atoms with E-state index in [9.17, 15) is 26.9 Å². The van der Waals surface area contributed by atoms with E-state index in [-0.39, 0.29) is 18.0 Å². The van der Waals surface area contributed by atoms with Crippen LogP contribution in [-0.4, -0.2) is 29.7 Å². The number of rotatable bonds is 8. The highest BCUT2D eigenvalue weighted by Gasteiger charge is 2.31. The van der Waals surface area contributed by atoms with Crippen LogP contribution in [0.1, 0.15) is 11.1 Å². The highest BCUT2D eigenvalue weighted by molar-refractivity contribution is 7.84. The Balaban J connectivity index is 1.67. The number of aromatic nitrogens is 3. The Morgan fingerprint density at radius 3 is 2.16 bits per heavy atom. The first-order valence-corrected chi connectivity index (χ1v) is 11.8. The summed E-state index contributed by atoms with van der Waals surface area (Å²) in [4.78, 5) is 0. The van der Waals surface area contributed by atoms with Crippen LogP contribution in [0, 0.1) is 11.3 Å². The number of ether oxygens (including phenoxy) is 1. The molecule has 0 saturated heterocycles. The lowest BCUT2D eigenvalue weighted by molar-refractivity contribution is -0.274. The molecular weight excluding hydrogens is 513 g/mol. The molecule has 2 N–H and O–H groups in total. The van der Waals surface area contributed by atoms with Crippen LogP contribution in [0.2, 0.25) is 0 Å². The van der Waals surface area contributed by atoms with Crippen molar-refractivity contribution in [2.45, 2.75) is 12.9 Å². The quantitative estimate of drug-likeness (QED) is 0.364. The third kappa shape index (κ3) is 6.75. The number of anilines is 1. The standard InChI is InChI=1S/C23H17F3N6O4S/c24-23(25,26)35-20-9-4-17(5-10-20)22-11-19(6-3-18(22)12-27)32(31-14-29-30-15-31)13-16-1-7-21(8-2-16)36-37(28,33)34/h1-11,14-15H,13H2,(H2,28,33,34). The molecule has 37 heavy (non-hydrogen) atoms. The van der Waals surface area contributed by atoms with Gasteiger partial charge in [-0.25, -0.2) is 4.68 Å². The van der Waals surface area contributed by atoms with Gasteiger partial charge in [0.1, 0.15) is 24.2 Å². The van der Waals surface area contributed by atoms with Crippen LogP contribution in [-0.2, 0) is 16.8 Å². The third-order valence-electron chi connectivity index (χ3n) is 4.97. The minimum atomic E-state index is -4.82. The minimum absolute atomic E-state index is 0.0423. The summed E-state index contributed by atoms with van der Waals surface area (Å²) < 4.78 is 70.0. The molecule has 0 aliphatic rings. The number of halogens is 3. The molecular formula is C23H17F3N6O4S. The highest BCUT2D eigenvalue weighted by atomic mass is 32.2. The summed E-state index contributed by atoms with van der Waals surface area (Å²) in [6.45, 7) is 0.261. The van der Waals surface area contributed by atoms with Gasteiger partial charge >= 0.3 is 16.7 Å². The molecule has 0 aliphatic carbocycles. The number of hydrogen-bond donors (Lipinski definition) is 1. The van der Waals surface area contributed by atoms with Crippen molar-refractivity contribution in [1.82, 2.24) is 14.9 Å². The number of nitrogens with zero attached hydrogens (tertiary/aromatic N) is 5. The van der Waals surface area contributed by atoms with Crippen LogP contribution < -0.4 is 19.1 Å². The van der Waals surface area contributed by atoms with Crippen molar-refractivity contribution in [2.24, 2.45) is 5.14 Å². The largest absolute Gasteiger partial charge is 0.573 e. The van der Waals surface area contributed by atoms with Crippen molar-refractivity contribution in [3.8, 4) is 28.7 Å². The highest BCUT2D eigenvalue weighted by Crippen LogP contribution is 2.32. The molecule has 0 spiro atoms. The lowest BCUT2D eigenvalue weighted by Gasteiger charge is -2.26. The Kier molecular flexibility index (Phi) is 7.00. The molecule has 1 aromatic heterocycles. The molecule has 1 heterocycles. The Hall–Kier alpha value is -4.61. The van der Waals surface area contributed by atoms with Crippen molar-refractivity contribution >= 4 is 16.0 Å². The molecule has 4 aromatic rings. The number of hydrogen-bond acceptors (Lipinski definition) is 8. The van der Waals surface area contributed by atoms with Crippen molar-refractivity contribution < 1.29 is 30.5 Å². The topological polar surface area (TPSA) is 136 Å². The third-order valence-corrected chi connectivity index (χ3v) is 5.40. The van der Waals surface area contributed by atoms with Crippen molar-refractivity contribution in [3.63, 3.8) is 0 Å². The second-order valence-corrected chi connectivity index (χ2v) is 8.69. The minimum Gasteiger partial charge on any atom is -0.406 e. The molecule has 0 fully saturated rings. The first-order valence-electron chi connectivity index (χ1n) is 10.3. The second-order valence-electron chi connectivity index (χ2n) is 7.53. The zero-order valence-electron chi connectivity index (χ0n) is 18.7. The smallest absolute Gasteiger partial charge is 0.406 e. The molecule has 0 aliphatic heterocycles. The molecule has 4 rings (SSSR count). The van der Waals surface area contributed by atoms with Gasteiger partial charge < -0.3 is 8.92 Å². The zero-order chi connectivity index (χ0) is 26.6. The Morgan fingerprint density at radius 2 is 1.59 bits per heavy atom. The van der Waals surface area contributed by atoms with Gasteiger partial charge in [-0.1, -0.05) is 24.3 Å². The number of nitrogens with two attached hydrogens (primary N) is 1. The summed E-state index contributed by atoms with van der Waals surface area (Å²) in [7, 11) is -4.16. The van der Waals surface area contributed by atoms with Crippen LogP contribution in [0.5, 0.6) is 11.5 Å². The van der Waals surface area contributed by atoms with E-state index in [1.807, 2.05) is 0 Å². The number of nitriles is 1. The molecule has 14 heteroatoms. The van der Waals surface area contributed by atoms with Gasteiger partial charge in [0.05, 0.1) is 23.9 Å². The van der Waals surface area contributed by atoms with Crippen molar-refractivity contribution in [3.05, 3.63) is 90.5 Å². The van der Waals surface area contributed by atoms with Crippen LogP contribution in [0.3, 0.4) is 0 Å². The van der Waals surface area contributed by atoms with E-state index in [2.05, 4.69) is 25.2 Å².